The Morgan fingerprint density at radius 2 is 1.28 bits per heavy atom. The van der Waals surface area contributed by atoms with E-state index < -0.39 is 57.9 Å². The molecule has 8 rings (SSSR count). The van der Waals surface area contributed by atoms with E-state index in [1.807, 2.05) is 44.2 Å². The van der Waals surface area contributed by atoms with E-state index >= 15 is 0 Å². The normalized spacial score (nSPS) is 23.7. The van der Waals surface area contributed by atoms with Crippen LogP contribution in [0, 0.1) is 5.92 Å². The Hall–Kier alpha value is -4.87. The number of azide groups is 2. The first-order valence-corrected chi connectivity index (χ1v) is 24.6. The van der Waals surface area contributed by atoms with Gasteiger partial charge in [0.05, 0.1) is 32.6 Å². The van der Waals surface area contributed by atoms with Crippen LogP contribution in [0.1, 0.15) is 86.7 Å². The molecule has 0 saturated carbocycles. The van der Waals surface area contributed by atoms with Gasteiger partial charge in [0, 0.05) is 26.9 Å². The molecule has 71 heavy (non-hydrogen) atoms. The number of nitrogens with one attached hydrogen (secondary N) is 2. The first kappa shape index (κ1) is 57.0. The molecule has 5 N–H and O–H groups in total. The Labute approximate surface area is 468 Å². The summed E-state index contributed by atoms with van der Waals surface area (Å²) < 4.78 is 37.7. The van der Waals surface area contributed by atoms with Crippen LogP contribution in [-0.2, 0) is 13.9 Å². The van der Waals surface area contributed by atoms with Gasteiger partial charge in [-0.2, -0.15) is 10.2 Å². The molecule has 2 aliphatic rings. The van der Waals surface area contributed by atoms with Gasteiger partial charge in [-0.1, -0.05) is 81.2 Å². The van der Waals surface area contributed by atoms with Crippen LogP contribution in [0.3, 0.4) is 0 Å². The number of nitrogens with zero attached hydrogens (tertiary/aromatic N) is 12. The summed E-state index contributed by atoms with van der Waals surface area (Å²) in [4.78, 5) is 39.4. The molecular formula is C45H55CsF2N14O8Si. The summed E-state index contributed by atoms with van der Waals surface area (Å²) >= 11 is 0. The van der Waals surface area contributed by atoms with E-state index in [1.54, 1.807) is 59.1 Å². The van der Waals surface area contributed by atoms with Gasteiger partial charge in [0.1, 0.15) is 48.1 Å². The third-order valence-corrected chi connectivity index (χ3v) is 17.2. The largest absolute Gasteiger partial charge is 1.00 e. The van der Waals surface area contributed by atoms with E-state index in [0.29, 0.717) is 40.1 Å². The maximum atomic E-state index is 12.8. The van der Waals surface area contributed by atoms with Crippen molar-refractivity contribution in [1.29, 1.82) is 0 Å². The van der Waals surface area contributed by atoms with Crippen molar-refractivity contribution < 1.29 is 118 Å². The smallest absolute Gasteiger partial charge is 1.00 e. The van der Waals surface area contributed by atoms with E-state index in [-0.39, 0.29) is 108 Å². The summed E-state index contributed by atoms with van der Waals surface area (Å²) in [5.74, 6) is -0.213. The van der Waals surface area contributed by atoms with Gasteiger partial charge in [-0.05, 0) is 84.1 Å². The summed E-state index contributed by atoms with van der Waals surface area (Å²) in [6.45, 7) is 14.1. The molecule has 2 saturated heterocycles. The van der Waals surface area contributed by atoms with Gasteiger partial charge in [-0.25, -0.2) is 19.0 Å². The fourth-order valence-corrected chi connectivity index (χ4v) is 9.27. The molecule has 2 aliphatic heterocycles. The fraction of sp³-hybridized carbons (Fsp3) is 0.422. The second-order valence-electron chi connectivity index (χ2n) is 17.7. The summed E-state index contributed by atoms with van der Waals surface area (Å²) in [5, 5.41) is 51.9. The number of anilines is 2. The van der Waals surface area contributed by atoms with Crippen molar-refractivity contribution in [2.24, 2.45) is 16.1 Å². The maximum absolute atomic E-state index is 12.8. The molecule has 1 unspecified atom stereocenters. The van der Waals surface area contributed by atoms with Gasteiger partial charge in [0.15, 0.2) is 31.4 Å². The number of halogens is 2. The molecule has 8 atom stereocenters. The van der Waals surface area contributed by atoms with Gasteiger partial charge in [-0.15, -0.1) is 0 Å². The Balaban J connectivity index is 0.000000294. The molecule has 2 fully saturated rings. The standard InChI is InChI=1S/C26H35N7O3Si.C18H17N7O5.CH3F.Cs.FH/c1-8-26(31-32-27)17(2)21(36-37(6,7)25(3,4)5)22(35-26)19-14-15-20-23(28-16-29-33(19)20)30-24(34)18-12-10-9-11-13-18;19-24-23-18(8-26)15(28)13(27)14(30-18)11-6-7-12-16(20-9-21-25(11)12)22-17(29)10-4-2-1-3-5-10;1-2;;/h9-17,21-22H,8H2,1-7H3,(H,28,29,30,34);1-7,9,13-15,26-28H,8H2,(H,20,21,22,29);1H3;;1H/q;;;+1;/p-1/t17-,21?,22-,26+;13-,14-,15-,18+;;;/m00.../s1/i;;1D;;. The van der Waals surface area contributed by atoms with Crippen molar-refractivity contribution >= 4 is 42.8 Å². The number of carbonyl (C=O) groups excluding carboxylic acids is 2. The number of hydrogen-bond donors (Lipinski definition) is 5. The minimum absolute atomic E-state index is 0. The molecule has 6 heterocycles. The third kappa shape index (κ3) is 12.0. The van der Waals surface area contributed by atoms with Crippen molar-refractivity contribution in [3.63, 3.8) is 0 Å². The van der Waals surface area contributed by atoms with Crippen molar-refractivity contribution in [3.8, 4) is 0 Å². The molecule has 0 spiro atoms. The Bertz CT molecular complexity index is 2890. The van der Waals surface area contributed by atoms with Crippen LogP contribution < -0.4 is 84.2 Å². The molecule has 0 aliphatic carbocycles. The van der Waals surface area contributed by atoms with Gasteiger partial charge in [-0.3, -0.25) is 14.0 Å². The SMILES string of the molecule is CC[C@@]1(N=[N+]=[N-])O[C@@H](c2ccc3c(NC(=O)c4ccccc4)ncnn23)C(O[Si](C)(C)C(C)(C)C)[C@@H]1C.[2H]CF.[Cs+].[F-].[N-]=[N+]=N[C@]1(CO)O[C@@H](c2ccc3c(NC(=O)c4ccccc4)ncnn23)[C@H](O)[C@@H]1O. The number of rotatable bonds is 12. The zero-order valence-corrected chi connectivity index (χ0v) is 47.6. The van der Waals surface area contributed by atoms with Crippen molar-refractivity contribution in [1.82, 2.24) is 29.2 Å². The maximum Gasteiger partial charge on any atom is 1.00 e. The minimum atomic E-state index is -2.22. The number of benzene rings is 2. The first-order valence-electron chi connectivity index (χ1n) is 22.4. The van der Waals surface area contributed by atoms with Crippen LogP contribution in [0.5, 0.6) is 0 Å². The molecule has 372 valence electrons. The molecule has 0 bridgehead atoms. The molecule has 2 aromatic carbocycles. The molecule has 0 radical (unpaired) electrons. The van der Waals surface area contributed by atoms with Gasteiger partial charge < -0.3 is 44.6 Å². The van der Waals surface area contributed by atoms with Gasteiger partial charge in [0.25, 0.3) is 11.8 Å². The van der Waals surface area contributed by atoms with Crippen molar-refractivity contribution in [2.75, 3.05) is 24.4 Å². The van der Waals surface area contributed by atoms with Gasteiger partial charge >= 0.3 is 68.9 Å². The zero-order valence-electron chi connectivity index (χ0n) is 41.3. The summed E-state index contributed by atoms with van der Waals surface area (Å²) in [6.07, 6.45) is -2.10. The summed E-state index contributed by atoms with van der Waals surface area (Å²) in [5.41, 5.74) is 18.1. The Kier molecular flexibility index (Phi) is 19.8. The zero-order chi connectivity index (χ0) is 51.0. The van der Waals surface area contributed by atoms with Crippen LogP contribution in [0.15, 0.2) is 108 Å². The van der Waals surface area contributed by atoms with Crippen LogP contribution in [0.4, 0.5) is 16.0 Å². The molecule has 2 amide bonds. The van der Waals surface area contributed by atoms with Crippen LogP contribution in [-0.4, -0.2) is 108 Å². The first-order chi connectivity index (χ1) is 33.4. The summed E-state index contributed by atoms with van der Waals surface area (Å²) in [6, 6.07) is 24.5. The van der Waals surface area contributed by atoms with E-state index in [4.69, 9.17) is 20.8 Å². The monoisotopic (exact) mass is 1120 g/mol. The number of hydrogen-bond acceptors (Lipinski definition) is 14. The minimum Gasteiger partial charge on any atom is -1.00 e. The van der Waals surface area contributed by atoms with E-state index in [0.717, 1.165) is 5.69 Å². The van der Waals surface area contributed by atoms with Crippen LogP contribution in [0.25, 0.3) is 31.9 Å². The molecule has 22 nitrogen and oxygen atoms in total. The number of alkyl halides is 1. The number of aliphatic hydroxyl groups excluding tert-OH is 3. The van der Waals surface area contributed by atoms with Crippen LogP contribution in [0.2, 0.25) is 18.1 Å². The van der Waals surface area contributed by atoms with E-state index in [9.17, 15) is 34.8 Å². The molecule has 26 heteroatoms. The Morgan fingerprint density at radius 3 is 1.70 bits per heavy atom. The van der Waals surface area contributed by atoms with Crippen molar-refractivity contribution in [2.45, 2.75) is 101 Å². The third-order valence-electron chi connectivity index (χ3n) is 12.7. The van der Waals surface area contributed by atoms with Crippen LogP contribution >= 0.6 is 0 Å². The quantitative estimate of drug-likeness (QED) is 0.0508. The number of carbonyl (C=O) groups is 2. The van der Waals surface area contributed by atoms with Gasteiger partial charge in [0.2, 0.25) is 0 Å². The Morgan fingerprint density at radius 1 is 0.845 bits per heavy atom. The predicted octanol–water partition coefficient (Wildman–Crippen LogP) is 1.86. The molecule has 4 aromatic heterocycles. The van der Waals surface area contributed by atoms with E-state index in [2.05, 4.69) is 84.7 Å². The average Bonchev–Trinajstić information content (AvgIpc) is 4.10. The topological polar surface area (TPSA) is 304 Å². The number of amides is 2. The van der Waals surface area contributed by atoms with E-state index in [1.165, 1.54) is 17.2 Å². The number of ether oxygens (including phenoxy) is 2. The average molecular weight is 1120 g/mol. The summed E-state index contributed by atoms with van der Waals surface area (Å²) in [7, 11) is -3.22. The fourth-order valence-electron chi connectivity index (χ4n) is 7.91. The predicted molar refractivity (Wildman–Crippen MR) is 254 cm³/mol. The van der Waals surface area contributed by atoms with Crippen molar-refractivity contribution in [3.05, 3.63) is 141 Å². The number of aromatic nitrogens is 6. The second-order valence-corrected chi connectivity index (χ2v) is 22.4. The number of fused-ring (bicyclic) bond motifs is 2. The number of aliphatic hydroxyl groups is 3. The molecular weight excluding hydrogens is 1060 g/mol. The second kappa shape index (κ2) is 24.7. The molecule has 6 aromatic rings.